The number of carbonyl (C=O) groups excluding carboxylic acids is 3. The molecule has 2 atom stereocenters. The van der Waals surface area contributed by atoms with Gasteiger partial charge in [0, 0.05) is 6.54 Å². The number of benzene rings is 2. The molecule has 0 aromatic heterocycles. The van der Waals surface area contributed by atoms with Crippen LogP contribution in [0.2, 0.25) is 0 Å². The molecule has 0 radical (unpaired) electrons. The zero-order valence-electron chi connectivity index (χ0n) is 17.1. The summed E-state index contributed by atoms with van der Waals surface area (Å²) in [7, 11) is 0. The summed E-state index contributed by atoms with van der Waals surface area (Å²) in [5.41, 5.74) is 1.62. The fraction of sp³-hybridized carbons (Fsp3) is 0.348. The summed E-state index contributed by atoms with van der Waals surface area (Å²) in [4.78, 5) is 41.3. The van der Waals surface area contributed by atoms with Gasteiger partial charge in [-0.15, -0.1) is 0 Å². The normalized spacial score (nSPS) is 20.9. The van der Waals surface area contributed by atoms with Crippen LogP contribution in [0.15, 0.2) is 54.6 Å². The zero-order chi connectivity index (χ0) is 21.3. The molecule has 4 rings (SSSR count). The summed E-state index contributed by atoms with van der Waals surface area (Å²) in [6.07, 6.45) is 0.541. The lowest BCUT2D eigenvalue weighted by Crippen LogP contribution is -2.65. The number of para-hydroxylation sites is 1. The number of anilines is 1. The first-order valence-electron chi connectivity index (χ1n) is 10.2. The minimum Gasteiger partial charge on any atom is -0.484 e. The molecule has 0 aliphatic carbocycles. The van der Waals surface area contributed by atoms with Crippen LogP contribution in [0.4, 0.5) is 10.5 Å². The smallest absolute Gasteiger partial charge is 0.329 e. The van der Waals surface area contributed by atoms with Crippen molar-refractivity contribution in [3.63, 3.8) is 0 Å². The molecule has 7 heteroatoms. The molecule has 2 aliphatic heterocycles. The average molecular weight is 407 g/mol. The Morgan fingerprint density at radius 1 is 1.10 bits per heavy atom. The van der Waals surface area contributed by atoms with Crippen molar-refractivity contribution in [1.29, 1.82) is 0 Å². The van der Waals surface area contributed by atoms with Gasteiger partial charge in [-0.3, -0.25) is 9.59 Å². The Balaban J connectivity index is 1.50. The van der Waals surface area contributed by atoms with Crippen LogP contribution in [0.5, 0.6) is 5.75 Å². The van der Waals surface area contributed by atoms with Gasteiger partial charge in [0.25, 0.3) is 11.8 Å². The number of hydrogen-bond donors (Lipinski definition) is 1. The Hall–Kier alpha value is -3.35. The number of urea groups is 1. The van der Waals surface area contributed by atoms with E-state index in [0.717, 1.165) is 10.5 Å². The van der Waals surface area contributed by atoms with E-state index in [1.165, 1.54) is 4.90 Å². The summed E-state index contributed by atoms with van der Waals surface area (Å²) >= 11 is 0. The van der Waals surface area contributed by atoms with Crippen molar-refractivity contribution in [2.45, 2.75) is 38.3 Å². The summed E-state index contributed by atoms with van der Waals surface area (Å²) < 4.78 is 5.56. The lowest BCUT2D eigenvalue weighted by molar-refractivity contribution is -0.139. The van der Waals surface area contributed by atoms with E-state index in [9.17, 15) is 14.4 Å². The van der Waals surface area contributed by atoms with Crippen LogP contribution in [0.1, 0.15) is 31.7 Å². The fourth-order valence-electron chi connectivity index (χ4n) is 3.98. The number of fused-ring (bicyclic) bond motifs is 1. The van der Waals surface area contributed by atoms with Crippen LogP contribution in [0.25, 0.3) is 0 Å². The first-order valence-corrected chi connectivity index (χ1v) is 10.2. The van der Waals surface area contributed by atoms with Crippen LogP contribution in [-0.4, -0.2) is 48.0 Å². The van der Waals surface area contributed by atoms with E-state index in [2.05, 4.69) is 19.2 Å². The van der Waals surface area contributed by atoms with Gasteiger partial charge < -0.3 is 15.0 Å². The topological polar surface area (TPSA) is 79.0 Å². The van der Waals surface area contributed by atoms with E-state index < -0.39 is 12.1 Å². The van der Waals surface area contributed by atoms with Crippen molar-refractivity contribution in [2.75, 3.05) is 18.1 Å². The minimum absolute atomic E-state index is 0.155. The number of nitrogens with zero attached hydrogens (tertiary/aromatic N) is 2. The van der Waals surface area contributed by atoms with Gasteiger partial charge in [-0.2, -0.15) is 0 Å². The molecule has 0 spiro atoms. The molecule has 156 valence electrons. The first-order chi connectivity index (χ1) is 14.5. The number of hydrogen-bond acceptors (Lipinski definition) is 4. The Labute approximate surface area is 175 Å². The highest BCUT2D eigenvalue weighted by Crippen LogP contribution is 2.29. The highest BCUT2D eigenvalue weighted by molar-refractivity contribution is 6.19. The molecule has 30 heavy (non-hydrogen) atoms. The SMILES string of the molecule is CC(C)c1ccc(N2C(=O)NC3CCN(C(=O)COc4ccccc4)C3C2=O)cc1. The van der Waals surface area contributed by atoms with Crippen molar-refractivity contribution < 1.29 is 19.1 Å². The van der Waals surface area contributed by atoms with E-state index in [-0.39, 0.29) is 24.5 Å². The molecule has 2 fully saturated rings. The van der Waals surface area contributed by atoms with Crippen LogP contribution in [0.3, 0.4) is 0 Å². The van der Waals surface area contributed by atoms with Crippen molar-refractivity contribution in [2.24, 2.45) is 0 Å². The van der Waals surface area contributed by atoms with Gasteiger partial charge >= 0.3 is 6.03 Å². The van der Waals surface area contributed by atoms with Gasteiger partial charge in [0.1, 0.15) is 11.8 Å². The largest absolute Gasteiger partial charge is 0.484 e. The summed E-state index contributed by atoms with van der Waals surface area (Å²) in [6.45, 7) is 4.41. The van der Waals surface area contributed by atoms with Crippen LogP contribution in [0, 0.1) is 0 Å². The second kappa shape index (κ2) is 8.18. The predicted molar refractivity (Wildman–Crippen MR) is 112 cm³/mol. The third-order valence-electron chi connectivity index (χ3n) is 5.63. The van der Waals surface area contributed by atoms with Crippen molar-refractivity contribution in [1.82, 2.24) is 10.2 Å². The molecule has 7 nitrogen and oxygen atoms in total. The number of amides is 4. The lowest BCUT2D eigenvalue weighted by atomic mass is 10.0. The molecule has 2 aliphatic rings. The van der Waals surface area contributed by atoms with E-state index in [0.29, 0.717) is 30.3 Å². The van der Waals surface area contributed by atoms with Crippen LogP contribution < -0.4 is 15.0 Å². The van der Waals surface area contributed by atoms with Crippen molar-refractivity contribution >= 4 is 23.5 Å². The van der Waals surface area contributed by atoms with E-state index in [4.69, 9.17) is 4.74 Å². The summed E-state index contributed by atoms with van der Waals surface area (Å²) in [5.74, 6) is 0.288. The first kappa shape index (κ1) is 19.9. The highest BCUT2D eigenvalue weighted by atomic mass is 16.5. The van der Waals surface area contributed by atoms with Gasteiger partial charge in [0.15, 0.2) is 6.61 Å². The molecular formula is C23H25N3O4. The second-order valence-corrected chi connectivity index (χ2v) is 7.90. The molecule has 4 amide bonds. The molecule has 0 bridgehead atoms. The number of likely N-dealkylation sites (tertiary alicyclic amines) is 1. The van der Waals surface area contributed by atoms with Crippen LogP contribution >= 0.6 is 0 Å². The maximum atomic E-state index is 13.3. The number of nitrogens with one attached hydrogen (secondary N) is 1. The van der Waals surface area contributed by atoms with Gasteiger partial charge in [0.05, 0.1) is 11.7 Å². The molecular weight excluding hydrogens is 382 g/mol. The third-order valence-corrected chi connectivity index (χ3v) is 5.63. The molecule has 1 N–H and O–H groups in total. The second-order valence-electron chi connectivity index (χ2n) is 7.90. The standard InChI is InChI=1S/C23H25N3O4/c1-15(2)16-8-10-17(11-9-16)26-22(28)21-19(24-23(26)29)12-13-25(21)20(27)14-30-18-6-4-3-5-7-18/h3-11,15,19,21H,12-14H2,1-2H3,(H,24,29). The third kappa shape index (κ3) is 3.75. The van der Waals surface area contributed by atoms with Crippen molar-refractivity contribution in [3.8, 4) is 5.75 Å². The number of imide groups is 1. The fourth-order valence-corrected chi connectivity index (χ4v) is 3.98. The summed E-state index contributed by atoms with van der Waals surface area (Å²) in [6, 6.07) is 14.9. The lowest BCUT2D eigenvalue weighted by Gasteiger charge is -2.36. The maximum Gasteiger partial charge on any atom is 0.329 e. The number of ether oxygens (including phenoxy) is 1. The quantitative estimate of drug-likeness (QED) is 0.827. The van der Waals surface area contributed by atoms with Crippen LogP contribution in [-0.2, 0) is 9.59 Å². The van der Waals surface area contributed by atoms with Gasteiger partial charge in [-0.25, -0.2) is 9.69 Å². The monoisotopic (exact) mass is 407 g/mol. The zero-order valence-corrected chi connectivity index (χ0v) is 17.1. The molecule has 2 heterocycles. The van der Waals surface area contributed by atoms with Gasteiger partial charge in [-0.1, -0.05) is 44.2 Å². The van der Waals surface area contributed by atoms with Crippen molar-refractivity contribution in [3.05, 3.63) is 60.2 Å². The van der Waals surface area contributed by atoms with Gasteiger partial charge in [-0.05, 0) is 42.2 Å². The number of rotatable bonds is 5. The molecule has 2 saturated heterocycles. The average Bonchev–Trinajstić information content (AvgIpc) is 3.17. The Morgan fingerprint density at radius 2 is 1.80 bits per heavy atom. The highest BCUT2D eigenvalue weighted by Gasteiger charge is 2.49. The minimum atomic E-state index is -0.723. The summed E-state index contributed by atoms with van der Waals surface area (Å²) in [5, 5.41) is 2.88. The molecule has 0 saturated carbocycles. The van der Waals surface area contributed by atoms with E-state index in [1.807, 2.05) is 30.3 Å². The molecule has 2 aromatic carbocycles. The Kier molecular flexibility index (Phi) is 5.44. The number of carbonyl (C=O) groups is 3. The Bertz CT molecular complexity index is 943. The molecule has 2 aromatic rings. The van der Waals surface area contributed by atoms with Gasteiger partial charge in [0.2, 0.25) is 0 Å². The van der Waals surface area contributed by atoms with E-state index in [1.54, 1.807) is 24.3 Å². The molecule has 2 unspecified atom stereocenters. The predicted octanol–water partition coefficient (Wildman–Crippen LogP) is 2.91. The van der Waals surface area contributed by atoms with E-state index >= 15 is 0 Å². The maximum absolute atomic E-state index is 13.3. The Morgan fingerprint density at radius 3 is 2.47 bits per heavy atom.